The highest BCUT2D eigenvalue weighted by Crippen LogP contribution is 2.29. The minimum atomic E-state index is -0.439. The monoisotopic (exact) mass is 270 g/mol. The van der Waals surface area contributed by atoms with Gasteiger partial charge >= 0.3 is 0 Å². The number of hydrogen-bond acceptors (Lipinski definition) is 0. The van der Waals surface area contributed by atoms with Crippen molar-refractivity contribution in [2.45, 2.75) is 52.4 Å². The van der Waals surface area contributed by atoms with Crippen LogP contribution >= 0.6 is 0 Å². The zero-order chi connectivity index (χ0) is 18.4. The van der Waals surface area contributed by atoms with Gasteiger partial charge in [0.05, 0.1) is 5.48 Å². The average Bonchev–Trinajstić information content (AvgIpc) is 2.44. The molecule has 0 spiro atoms. The molecule has 0 atom stereocenters. The molecule has 0 aliphatic heterocycles. The van der Waals surface area contributed by atoms with Crippen LogP contribution in [0.25, 0.3) is 11.1 Å². The van der Waals surface area contributed by atoms with Gasteiger partial charge in [-0.2, -0.15) is 0 Å². The molecule has 2 aromatic rings. The molecule has 106 valence electrons. The Hall–Kier alpha value is -1.56. The van der Waals surface area contributed by atoms with E-state index in [-0.39, 0.29) is 29.6 Å². The van der Waals surface area contributed by atoms with Crippen LogP contribution in [0.3, 0.4) is 0 Å². The first kappa shape index (κ1) is 10.2. The second-order valence-corrected chi connectivity index (χ2v) is 7.33. The Labute approximate surface area is 129 Å². The second kappa shape index (κ2) is 5.09. The van der Waals surface area contributed by atoms with Crippen molar-refractivity contribution >= 4 is 0 Å². The Morgan fingerprint density at radius 1 is 0.700 bits per heavy atom. The molecular weight excluding hydrogens is 240 g/mol. The van der Waals surface area contributed by atoms with Gasteiger partial charge in [-0.05, 0) is 33.1 Å². The molecule has 0 aliphatic carbocycles. The summed E-state index contributed by atoms with van der Waals surface area (Å²) in [7, 11) is 0. The normalized spacial score (nSPS) is 15.3. The fourth-order valence-corrected chi connectivity index (χ4v) is 1.97. The number of hydrogen-bond donors (Lipinski definition) is 0. The van der Waals surface area contributed by atoms with Crippen LogP contribution in [-0.2, 0) is 10.8 Å². The van der Waals surface area contributed by atoms with Gasteiger partial charge in [0.1, 0.15) is 0 Å². The van der Waals surface area contributed by atoms with E-state index in [0.29, 0.717) is 11.1 Å². The molecule has 0 saturated heterocycles. The lowest BCUT2D eigenvalue weighted by Crippen LogP contribution is -2.11. The quantitative estimate of drug-likeness (QED) is 0.600. The summed E-state index contributed by atoms with van der Waals surface area (Å²) in [5.74, 6) is 0. The molecule has 0 fully saturated rings. The average molecular weight is 270 g/mol. The maximum atomic E-state index is 8.43. The Morgan fingerprint density at radius 2 is 1.25 bits per heavy atom. The Morgan fingerprint density at radius 3 is 1.75 bits per heavy atom. The van der Waals surface area contributed by atoms with Gasteiger partial charge in [-0.15, -0.1) is 0 Å². The number of benzene rings is 2. The maximum Gasteiger partial charge on any atom is 0.0629 e. The molecule has 0 nitrogen and oxygen atoms in total. The van der Waals surface area contributed by atoms with Gasteiger partial charge in [-0.25, -0.2) is 0 Å². The predicted molar refractivity (Wildman–Crippen MR) is 89.3 cm³/mol. The zero-order valence-corrected chi connectivity index (χ0v) is 13.3. The standard InChI is InChI=1S/C20H26/c1-19(2,3)17-12-10-15(11-13-17)16-8-7-9-18(14-16)20(4,5)6/h7-14H,1-6H3/i10D,11D,12D,13D. The predicted octanol–water partition coefficient (Wildman–Crippen LogP) is 5.95. The lowest BCUT2D eigenvalue weighted by atomic mass is 9.84. The third kappa shape index (κ3) is 3.30. The summed E-state index contributed by atoms with van der Waals surface area (Å²) < 4.78 is 33.6. The summed E-state index contributed by atoms with van der Waals surface area (Å²) in [5.41, 5.74) is 2.21. The number of rotatable bonds is 1. The Kier molecular flexibility index (Phi) is 2.60. The first-order valence-electron chi connectivity index (χ1n) is 9.07. The SMILES string of the molecule is [2H]c1c([2H])c(C(C)(C)C)c([2H])c([2H])c1-c1cccc(C(C)(C)C)c1. The summed E-state index contributed by atoms with van der Waals surface area (Å²) in [6.07, 6.45) is 0. The summed E-state index contributed by atoms with van der Waals surface area (Å²) in [6.45, 7) is 12.1. The van der Waals surface area contributed by atoms with Crippen molar-refractivity contribution in [2.75, 3.05) is 0 Å². The molecule has 0 bridgehead atoms. The van der Waals surface area contributed by atoms with Gasteiger partial charge in [-0.3, -0.25) is 0 Å². The summed E-state index contributed by atoms with van der Waals surface area (Å²) in [5, 5.41) is 0. The largest absolute Gasteiger partial charge is 0.0629 e. The van der Waals surface area contributed by atoms with Crippen LogP contribution in [0.1, 0.15) is 58.2 Å². The summed E-state index contributed by atoms with van der Waals surface area (Å²) in [6, 6.07) is 7.96. The molecule has 0 N–H and O–H groups in total. The van der Waals surface area contributed by atoms with E-state index < -0.39 is 5.41 Å². The van der Waals surface area contributed by atoms with E-state index in [1.54, 1.807) is 0 Å². The highest BCUT2D eigenvalue weighted by atomic mass is 14.2. The smallest absolute Gasteiger partial charge is 0.0614 e. The van der Waals surface area contributed by atoms with E-state index in [0.717, 1.165) is 11.1 Å². The third-order valence-electron chi connectivity index (χ3n) is 3.39. The van der Waals surface area contributed by atoms with Gasteiger partial charge < -0.3 is 0 Å². The molecule has 20 heavy (non-hydrogen) atoms. The lowest BCUT2D eigenvalue weighted by Gasteiger charge is -2.21. The Balaban J connectivity index is 2.79. The fourth-order valence-electron chi connectivity index (χ4n) is 1.97. The second-order valence-electron chi connectivity index (χ2n) is 7.33. The zero-order valence-electron chi connectivity index (χ0n) is 17.3. The van der Waals surface area contributed by atoms with Gasteiger partial charge in [0.15, 0.2) is 0 Å². The molecule has 0 aliphatic rings. The topological polar surface area (TPSA) is 0 Å². The van der Waals surface area contributed by atoms with Gasteiger partial charge in [-0.1, -0.05) is 90.0 Å². The van der Waals surface area contributed by atoms with Crippen molar-refractivity contribution in [3.63, 3.8) is 0 Å². The molecule has 0 amide bonds. The molecule has 0 saturated carbocycles. The van der Waals surface area contributed by atoms with Crippen LogP contribution in [0, 0.1) is 0 Å². The van der Waals surface area contributed by atoms with Crippen molar-refractivity contribution < 1.29 is 5.48 Å². The van der Waals surface area contributed by atoms with Crippen LogP contribution in [0.4, 0.5) is 0 Å². The summed E-state index contributed by atoms with van der Waals surface area (Å²) >= 11 is 0. The van der Waals surface area contributed by atoms with E-state index >= 15 is 0 Å². The molecule has 0 aromatic heterocycles. The van der Waals surface area contributed by atoms with Crippen LogP contribution in [-0.4, -0.2) is 0 Å². The minimum Gasteiger partial charge on any atom is -0.0614 e. The Bertz CT molecular complexity index is 748. The van der Waals surface area contributed by atoms with Crippen LogP contribution in [0.5, 0.6) is 0 Å². The van der Waals surface area contributed by atoms with Crippen molar-refractivity contribution in [1.82, 2.24) is 0 Å². The summed E-state index contributed by atoms with van der Waals surface area (Å²) in [4.78, 5) is 0. The van der Waals surface area contributed by atoms with Crippen molar-refractivity contribution in [3.8, 4) is 11.1 Å². The lowest BCUT2D eigenvalue weighted by molar-refractivity contribution is 0.590. The van der Waals surface area contributed by atoms with Crippen molar-refractivity contribution in [1.29, 1.82) is 0 Å². The molecule has 0 heterocycles. The highest BCUT2D eigenvalue weighted by molar-refractivity contribution is 5.65. The first-order chi connectivity index (χ1) is 10.9. The van der Waals surface area contributed by atoms with Crippen LogP contribution < -0.4 is 0 Å². The van der Waals surface area contributed by atoms with Gasteiger partial charge in [0.2, 0.25) is 0 Å². The van der Waals surface area contributed by atoms with E-state index in [1.165, 1.54) is 0 Å². The van der Waals surface area contributed by atoms with E-state index in [4.69, 9.17) is 5.48 Å². The van der Waals surface area contributed by atoms with Crippen LogP contribution in [0.15, 0.2) is 48.4 Å². The van der Waals surface area contributed by atoms with E-state index in [9.17, 15) is 0 Å². The van der Waals surface area contributed by atoms with Crippen molar-refractivity contribution in [3.05, 3.63) is 59.6 Å². The fraction of sp³-hybridized carbons (Fsp3) is 0.400. The van der Waals surface area contributed by atoms with Gasteiger partial charge in [0, 0.05) is 0 Å². The van der Waals surface area contributed by atoms with Crippen LogP contribution in [0.2, 0.25) is 0 Å². The van der Waals surface area contributed by atoms with E-state index in [2.05, 4.69) is 20.8 Å². The molecule has 0 unspecified atom stereocenters. The third-order valence-corrected chi connectivity index (χ3v) is 3.39. The molecule has 0 radical (unpaired) electrons. The molecular formula is C20H26. The van der Waals surface area contributed by atoms with Crippen molar-refractivity contribution in [2.24, 2.45) is 0 Å². The molecule has 2 rings (SSSR count). The molecule has 2 aromatic carbocycles. The highest BCUT2D eigenvalue weighted by Gasteiger charge is 2.15. The maximum absolute atomic E-state index is 8.43. The first-order valence-corrected chi connectivity index (χ1v) is 7.07. The van der Waals surface area contributed by atoms with E-state index in [1.807, 2.05) is 45.0 Å². The minimum absolute atomic E-state index is 0.0342. The molecule has 0 heteroatoms. The van der Waals surface area contributed by atoms with Gasteiger partial charge in [0.25, 0.3) is 0 Å².